The number of aryl methyl sites for hydroxylation is 1. The SMILES string of the molecule is Cc1ccc(CN(C)C(=O)CN2CCC[C@H](c3nc4ccccc4s3)C2)o1. The second kappa shape index (κ2) is 7.82. The van der Waals surface area contributed by atoms with Crippen LogP contribution in [0.5, 0.6) is 0 Å². The molecule has 1 aliphatic heterocycles. The van der Waals surface area contributed by atoms with E-state index in [0.717, 1.165) is 43.0 Å². The normalized spacial score (nSPS) is 18.1. The number of amides is 1. The van der Waals surface area contributed by atoms with Crippen molar-refractivity contribution in [2.45, 2.75) is 32.2 Å². The lowest BCUT2D eigenvalue weighted by atomic mass is 9.99. The molecule has 0 bridgehead atoms. The number of likely N-dealkylation sites (tertiary alicyclic amines) is 1. The van der Waals surface area contributed by atoms with Gasteiger partial charge < -0.3 is 9.32 Å². The van der Waals surface area contributed by atoms with Gasteiger partial charge in [-0.05, 0) is 50.6 Å². The van der Waals surface area contributed by atoms with Gasteiger partial charge in [0, 0.05) is 19.5 Å². The average Bonchev–Trinajstić information content (AvgIpc) is 3.27. The van der Waals surface area contributed by atoms with E-state index in [4.69, 9.17) is 9.40 Å². The number of rotatable bonds is 5. The summed E-state index contributed by atoms with van der Waals surface area (Å²) in [5.41, 5.74) is 1.08. The van der Waals surface area contributed by atoms with Crippen LogP contribution in [0, 0.1) is 6.92 Å². The Bertz CT molecular complexity index is 899. The number of likely N-dealkylation sites (N-methyl/N-ethyl adjacent to an activating group) is 1. The third-order valence-electron chi connectivity index (χ3n) is 5.14. The molecule has 4 rings (SSSR count). The lowest BCUT2D eigenvalue weighted by molar-refractivity contribution is -0.132. The number of carbonyl (C=O) groups excluding carboxylic acids is 1. The van der Waals surface area contributed by atoms with Crippen molar-refractivity contribution in [2.75, 3.05) is 26.7 Å². The Morgan fingerprint density at radius 3 is 2.96 bits per heavy atom. The quantitative estimate of drug-likeness (QED) is 0.667. The van der Waals surface area contributed by atoms with Gasteiger partial charge in [0.2, 0.25) is 5.91 Å². The molecule has 1 atom stereocenters. The maximum Gasteiger partial charge on any atom is 0.236 e. The largest absolute Gasteiger partial charge is 0.464 e. The number of hydrogen-bond acceptors (Lipinski definition) is 5. The zero-order valence-electron chi connectivity index (χ0n) is 15.9. The summed E-state index contributed by atoms with van der Waals surface area (Å²) in [5, 5.41) is 1.20. The van der Waals surface area contributed by atoms with E-state index in [1.165, 1.54) is 9.71 Å². The van der Waals surface area contributed by atoms with Crippen molar-refractivity contribution in [1.29, 1.82) is 0 Å². The standard InChI is InChI=1S/C21H25N3O2S/c1-15-9-10-17(26-15)13-23(2)20(25)14-24-11-5-6-16(12-24)21-22-18-7-3-4-8-19(18)27-21/h3-4,7-10,16H,5-6,11-14H2,1-2H3/t16-/m0/s1. The van der Waals surface area contributed by atoms with Gasteiger partial charge in [-0.3, -0.25) is 9.69 Å². The Labute approximate surface area is 163 Å². The molecule has 0 spiro atoms. The molecule has 0 radical (unpaired) electrons. The number of nitrogens with zero attached hydrogens (tertiary/aromatic N) is 3. The fourth-order valence-electron chi connectivity index (χ4n) is 3.67. The van der Waals surface area contributed by atoms with E-state index in [1.807, 2.05) is 32.2 Å². The highest BCUT2D eigenvalue weighted by molar-refractivity contribution is 7.18. The molecule has 0 N–H and O–H groups in total. The molecular weight excluding hydrogens is 358 g/mol. The molecule has 2 aromatic heterocycles. The van der Waals surface area contributed by atoms with Crippen LogP contribution in [0.2, 0.25) is 0 Å². The summed E-state index contributed by atoms with van der Waals surface area (Å²) in [6, 6.07) is 12.2. The molecule has 1 amide bonds. The second-order valence-electron chi connectivity index (χ2n) is 7.36. The fraction of sp³-hybridized carbons (Fsp3) is 0.429. The van der Waals surface area contributed by atoms with Crippen LogP contribution in [0.15, 0.2) is 40.8 Å². The smallest absolute Gasteiger partial charge is 0.236 e. The van der Waals surface area contributed by atoms with E-state index in [1.54, 1.807) is 16.2 Å². The second-order valence-corrected chi connectivity index (χ2v) is 8.42. The molecule has 0 saturated carbocycles. The van der Waals surface area contributed by atoms with Crippen molar-refractivity contribution >= 4 is 27.5 Å². The maximum absolute atomic E-state index is 12.6. The summed E-state index contributed by atoms with van der Waals surface area (Å²) in [7, 11) is 1.84. The minimum atomic E-state index is 0.133. The van der Waals surface area contributed by atoms with E-state index in [2.05, 4.69) is 23.1 Å². The molecule has 1 aliphatic rings. The van der Waals surface area contributed by atoms with Gasteiger partial charge in [0.15, 0.2) is 0 Å². The summed E-state index contributed by atoms with van der Waals surface area (Å²) in [5.74, 6) is 2.26. The summed E-state index contributed by atoms with van der Waals surface area (Å²) >= 11 is 1.79. The molecule has 0 aliphatic carbocycles. The summed E-state index contributed by atoms with van der Waals surface area (Å²) in [4.78, 5) is 21.5. The number of fused-ring (bicyclic) bond motifs is 1. The van der Waals surface area contributed by atoms with Crippen molar-refractivity contribution in [3.05, 3.63) is 52.9 Å². The van der Waals surface area contributed by atoms with Crippen LogP contribution in [0.3, 0.4) is 0 Å². The first-order chi connectivity index (χ1) is 13.1. The van der Waals surface area contributed by atoms with E-state index in [0.29, 0.717) is 19.0 Å². The van der Waals surface area contributed by atoms with Gasteiger partial charge in [-0.2, -0.15) is 0 Å². The van der Waals surface area contributed by atoms with Gasteiger partial charge in [-0.25, -0.2) is 4.98 Å². The number of piperidine rings is 1. The molecule has 3 aromatic rings. The summed E-state index contributed by atoms with van der Waals surface area (Å²) in [6.07, 6.45) is 2.25. The van der Waals surface area contributed by atoms with Gasteiger partial charge in [-0.15, -0.1) is 11.3 Å². The van der Waals surface area contributed by atoms with Crippen LogP contribution >= 0.6 is 11.3 Å². The summed E-state index contributed by atoms with van der Waals surface area (Å²) in [6.45, 7) is 4.76. The third kappa shape index (κ3) is 4.22. The number of para-hydroxylation sites is 1. The number of aromatic nitrogens is 1. The molecular formula is C21H25N3O2S. The predicted octanol–water partition coefficient (Wildman–Crippen LogP) is 4.04. The predicted molar refractivity (Wildman–Crippen MR) is 108 cm³/mol. The first-order valence-electron chi connectivity index (χ1n) is 9.45. The van der Waals surface area contributed by atoms with Gasteiger partial charge >= 0.3 is 0 Å². The fourth-order valence-corrected chi connectivity index (χ4v) is 4.76. The Hall–Kier alpha value is -2.18. The Kier molecular flexibility index (Phi) is 5.27. The zero-order chi connectivity index (χ0) is 18.8. The molecule has 142 valence electrons. The Balaban J connectivity index is 1.37. The molecule has 5 nitrogen and oxygen atoms in total. The first kappa shape index (κ1) is 18.2. The molecule has 3 heterocycles. The minimum absolute atomic E-state index is 0.133. The van der Waals surface area contributed by atoms with Gasteiger partial charge in [0.1, 0.15) is 11.5 Å². The van der Waals surface area contributed by atoms with Gasteiger partial charge in [0.25, 0.3) is 0 Å². The molecule has 0 unspecified atom stereocenters. The first-order valence-corrected chi connectivity index (χ1v) is 10.3. The van der Waals surface area contributed by atoms with Crippen LogP contribution in [-0.2, 0) is 11.3 Å². The number of thiazole rings is 1. The number of furan rings is 1. The molecule has 1 aromatic carbocycles. The number of carbonyl (C=O) groups is 1. The lowest BCUT2D eigenvalue weighted by Crippen LogP contribution is -2.42. The highest BCUT2D eigenvalue weighted by Crippen LogP contribution is 2.32. The van der Waals surface area contributed by atoms with Crippen molar-refractivity contribution in [3.8, 4) is 0 Å². The topological polar surface area (TPSA) is 49.6 Å². The average molecular weight is 384 g/mol. The van der Waals surface area contributed by atoms with Crippen LogP contribution < -0.4 is 0 Å². The van der Waals surface area contributed by atoms with E-state index in [9.17, 15) is 4.79 Å². The third-order valence-corrected chi connectivity index (χ3v) is 6.34. The molecule has 1 saturated heterocycles. The maximum atomic E-state index is 12.6. The zero-order valence-corrected chi connectivity index (χ0v) is 16.7. The van der Waals surface area contributed by atoms with Gasteiger partial charge in [-0.1, -0.05) is 12.1 Å². The molecule has 27 heavy (non-hydrogen) atoms. The summed E-state index contributed by atoms with van der Waals surface area (Å²) < 4.78 is 6.83. The monoisotopic (exact) mass is 383 g/mol. The van der Waals surface area contributed by atoms with E-state index >= 15 is 0 Å². The highest BCUT2D eigenvalue weighted by Gasteiger charge is 2.26. The molecule has 6 heteroatoms. The number of hydrogen-bond donors (Lipinski definition) is 0. The van der Waals surface area contributed by atoms with E-state index < -0.39 is 0 Å². The Morgan fingerprint density at radius 2 is 2.19 bits per heavy atom. The van der Waals surface area contributed by atoms with Crippen molar-refractivity contribution in [2.24, 2.45) is 0 Å². The molecule has 1 fully saturated rings. The highest BCUT2D eigenvalue weighted by atomic mass is 32.1. The van der Waals surface area contributed by atoms with Crippen molar-refractivity contribution in [1.82, 2.24) is 14.8 Å². The Morgan fingerprint density at radius 1 is 1.33 bits per heavy atom. The van der Waals surface area contributed by atoms with E-state index in [-0.39, 0.29) is 5.91 Å². The van der Waals surface area contributed by atoms with Crippen molar-refractivity contribution in [3.63, 3.8) is 0 Å². The number of benzene rings is 1. The van der Waals surface area contributed by atoms with Crippen LogP contribution in [0.1, 0.15) is 35.3 Å². The lowest BCUT2D eigenvalue weighted by Gasteiger charge is -2.32. The minimum Gasteiger partial charge on any atom is -0.464 e. The van der Waals surface area contributed by atoms with Gasteiger partial charge in [0.05, 0.1) is 28.3 Å². The van der Waals surface area contributed by atoms with Crippen LogP contribution in [-0.4, -0.2) is 47.4 Å². The van der Waals surface area contributed by atoms with Crippen molar-refractivity contribution < 1.29 is 9.21 Å². The van der Waals surface area contributed by atoms with Crippen LogP contribution in [0.4, 0.5) is 0 Å². The van der Waals surface area contributed by atoms with Crippen LogP contribution in [0.25, 0.3) is 10.2 Å².